The first-order chi connectivity index (χ1) is 21.1. The number of carbonyl (C=O) groups excluding carboxylic acids is 3. The molecule has 0 radical (unpaired) electrons. The van der Waals surface area contributed by atoms with Gasteiger partial charge in [-0.2, -0.15) is 0 Å². The highest BCUT2D eigenvalue weighted by molar-refractivity contribution is 6.76. The standard InChI is InChI=1S/C32H54N4O7Si/c1-35(32(39)43-20-21-44(3,4)5)24-28(22-25-13-17-41-18-14-25)34-30(37)36-16-9-12-27(23-36)29(26-10-7-6-8-11-26)42-19-15-33-31(38)40-2/h6-8,10-11,25,27-29H,9,12-24H2,1-5H3,(H,33,38)(H,34,37)/t27-,28+,29?/m1/s1. The number of urea groups is 1. The van der Waals surface area contributed by atoms with E-state index in [1.165, 1.54) is 7.11 Å². The molecule has 248 valence electrons. The van der Waals surface area contributed by atoms with Crippen molar-refractivity contribution in [2.75, 3.05) is 66.8 Å². The fourth-order valence-electron chi connectivity index (χ4n) is 5.79. The SMILES string of the molecule is COC(=O)NCCOC(c1ccccc1)[C@@H]1CCCN(C(=O)N[C@@H](CC2CCOCC2)CN(C)C(=O)OCC[Si](C)(C)C)C1. The number of nitrogens with zero attached hydrogens (tertiary/aromatic N) is 2. The number of methoxy groups -OCH3 is 1. The summed E-state index contributed by atoms with van der Waals surface area (Å²) in [5, 5.41) is 5.93. The van der Waals surface area contributed by atoms with E-state index in [9.17, 15) is 14.4 Å². The fourth-order valence-corrected chi connectivity index (χ4v) is 6.50. The van der Waals surface area contributed by atoms with Crippen molar-refractivity contribution < 1.29 is 33.3 Å². The molecule has 2 saturated heterocycles. The van der Waals surface area contributed by atoms with Crippen molar-refractivity contribution >= 4 is 26.3 Å². The van der Waals surface area contributed by atoms with Gasteiger partial charge in [0.25, 0.3) is 0 Å². The molecule has 2 N–H and O–H groups in total. The number of rotatable bonds is 14. The van der Waals surface area contributed by atoms with Gasteiger partial charge in [0.15, 0.2) is 0 Å². The van der Waals surface area contributed by atoms with Gasteiger partial charge >= 0.3 is 18.2 Å². The molecule has 2 fully saturated rings. The second-order valence-electron chi connectivity index (χ2n) is 13.2. The number of alkyl carbamates (subject to hydrolysis) is 1. The molecule has 3 atom stereocenters. The molecule has 2 aliphatic heterocycles. The van der Waals surface area contributed by atoms with Crippen LogP contribution in [0.25, 0.3) is 0 Å². The van der Waals surface area contributed by atoms with E-state index in [1.807, 2.05) is 35.2 Å². The Morgan fingerprint density at radius 2 is 1.82 bits per heavy atom. The highest BCUT2D eigenvalue weighted by Crippen LogP contribution is 2.33. The number of hydrogen-bond acceptors (Lipinski definition) is 7. The monoisotopic (exact) mass is 634 g/mol. The number of benzene rings is 1. The Morgan fingerprint density at radius 3 is 2.50 bits per heavy atom. The predicted octanol–water partition coefficient (Wildman–Crippen LogP) is 5.11. The van der Waals surface area contributed by atoms with Crippen molar-refractivity contribution in [1.82, 2.24) is 20.4 Å². The second kappa shape index (κ2) is 18.2. The first-order valence-electron chi connectivity index (χ1n) is 16.0. The summed E-state index contributed by atoms with van der Waals surface area (Å²) in [7, 11) is 1.76. The Labute approximate surface area is 264 Å². The van der Waals surface area contributed by atoms with Crippen molar-refractivity contribution in [2.45, 2.75) is 69.9 Å². The van der Waals surface area contributed by atoms with E-state index in [4.69, 9.17) is 14.2 Å². The lowest BCUT2D eigenvalue weighted by Gasteiger charge is -2.38. The third-order valence-corrected chi connectivity index (χ3v) is 10.0. The molecule has 1 unspecified atom stereocenters. The molecule has 11 nitrogen and oxygen atoms in total. The van der Waals surface area contributed by atoms with Crippen LogP contribution in [0.2, 0.25) is 25.7 Å². The van der Waals surface area contributed by atoms with Crippen LogP contribution in [0, 0.1) is 11.8 Å². The fraction of sp³-hybridized carbons (Fsp3) is 0.719. The molecular weight excluding hydrogens is 580 g/mol. The van der Waals surface area contributed by atoms with E-state index in [-0.39, 0.29) is 30.2 Å². The van der Waals surface area contributed by atoms with Gasteiger partial charge in [0.1, 0.15) is 0 Å². The van der Waals surface area contributed by atoms with Crippen molar-refractivity contribution in [3.8, 4) is 0 Å². The zero-order chi connectivity index (χ0) is 32.0. The number of nitrogens with one attached hydrogen (secondary N) is 2. The van der Waals surface area contributed by atoms with Crippen LogP contribution in [0.5, 0.6) is 0 Å². The summed E-state index contributed by atoms with van der Waals surface area (Å²) in [5.74, 6) is 0.516. The normalized spacial score (nSPS) is 19.0. The van der Waals surface area contributed by atoms with E-state index in [2.05, 4.69) is 35.0 Å². The van der Waals surface area contributed by atoms with Crippen LogP contribution in [-0.4, -0.2) is 109 Å². The molecule has 0 aromatic heterocycles. The molecule has 0 aliphatic carbocycles. The summed E-state index contributed by atoms with van der Waals surface area (Å²) in [5.41, 5.74) is 1.05. The Balaban J connectivity index is 1.63. The Kier molecular flexibility index (Phi) is 14.8. The van der Waals surface area contributed by atoms with E-state index < -0.39 is 14.2 Å². The molecule has 1 aromatic carbocycles. The third-order valence-electron chi connectivity index (χ3n) is 8.33. The van der Waals surface area contributed by atoms with Gasteiger partial charge in [-0.1, -0.05) is 50.0 Å². The number of hydrogen-bond donors (Lipinski definition) is 2. The van der Waals surface area contributed by atoms with Crippen LogP contribution in [0.3, 0.4) is 0 Å². The molecule has 1 aromatic rings. The maximum absolute atomic E-state index is 13.7. The molecule has 2 aliphatic rings. The summed E-state index contributed by atoms with van der Waals surface area (Å²) >= 11 is 0. The largest absolute Gasteiger partial charge is 0.453 e. The molecule has 2 heterocycles. The topological polar surface area (TPSA) is 119 Å². The molecule has 12 heteroatoms. The van der Waals surface area contributed by atoms with Crippen molar-refractivity contribution in [2.24, 2.45) is 11.8 Å². The lowest BCUT2D eigenvalue weighted by molar-refractivity contribution is -0.00876. The maximum atomic E-state index is 13.7. The van der Waals surface area contributed by atoms with Crippen LogP contribution >= 0.6 is 0 Å². The van der Waals surface area contributed by atoms with Gasteiger partial charge in [0, 0.05) is 66.5 Å². The molecule has 0 spiro atoms. The Morgan fingerprint density at radius 1 is 1.09 bits per heavy atom. The van der Waals surface area contributed by atoms with Gasteiger partial charge in [-0.3, -0.25) is 0 Å². The van der Waals surface area contributed by atoms with E-state index in [1.54, 1.807) is 11.9 Å². The van der Waals surface area contributed by atoms with Crippen LogP contribution in [0.1, 0.15) is 43.8 Å². The zero-order valence-electron chi connectivity index (χ0n) is 27.3. The van der Waals surface area contributed by atoms with Crippen molar-refractivity contribution in [3.05, 3.63) is 35.9 Å². The average Bonchev–Trinajstić information content (AvgIpc) is 3.01. The highest BCUT2D eigenvalue weighted by Gasteiger charge is 2.33. The van der Waals surface area contributed by atoms with Gasteiger partial charge in [-0.25, -0.2) is 14.4 Å². The van der Waals surface area contributed by atoms with Gasteiger partial charge in [0.2, 0.25) is 0 Å². The summed E-state index contributed by atoms with van der Waals surface area (Å²) in [6.45, 7) is 10.9. The summed E-state index contributed by atoms with van der Waals surface area (Å²) < 4.78 is 22.1. The van der Waals surface area contributed by atoms with Gasteiger partial charge in [-0.15, -0.1) is 0 Å². The minimum Gasteiger partial charge on any atom is -0.453 e. The zero-order valence-corrected chi connectivity index (χ0v) is 28.3. The summed E-state index contributed by atoms with van der Waals surface area (Å²) in [6.07, 6.45) is 3.39. The quantitative estimate of drug-likeness (QED) is 0.216. The summed E-state index contributed by atoms with van der Waals surface area (Å²) in [4.78, 5) is 41.4. The minimum atomic E-state index is -1.31. The number of likely N-dealkylation sites (N-methyl/N-ethyl adjacent to an activating group) is 1. The van der Waals surface area contributed by atoms with Crippen LogP contribution in [0.15, 0.2) is 30.3 Å². The van der Waals surface area contributed by atoms with Crippen LogP contribution in [0.4, 0.5) is 14.4 Å². The van der Waals surface area contributed by atoms with Gasteiger partial charge in [-0.05, 0) is 49.6 Å². The smallest absolute Gasteiger partial charge is 0.409 e. The number of carbonyl (C=O) groups is 3. The van der Waals surface area contributed by atoms with Gasteiger partial charge in [0.05, 0.1) is 26.4 Å². The molecule has 0 saturated carbocycles. The molecule has 4 amide bonds. The molecule has 3 rings (SSSR count). The number of ether oxygens (including phenoxy) is 4. The molecule has 44 heavy (non-hydrogen) atoms. The van der Waals surface area contributed by atoms with E-state index >= 15 is 0 Å². The Bertz CT molecular complexity index is 1020. The predicted molar refractivity (Wildman–Crippen MR) is 172 cm³/mol. The molecular formula is C32H54N4O7Si. The third kappa shape index (κ3) is 12.6. The number of amides is 4. The number of likely N-dealkylation sites (tertiary alicyclic amines) is 1. The van der Waals surface area contributed by atoms with Gasteiger partial charge < -0.3 is 39.4 Å². The van der Waals surface area contributed by atoms with Crippen molar-refractivity contribution in [3.63, 3.8) is 0 Å². The average molecular weight is 635 g/mol. The maximum Gasteiger partial charge on any atom is 0.409 e. The summed E-state index contributed by atoms with van der Waals surface area (Å²) in [6, 6.07) is 10.6. The first-order valence-corrected chi connectivity index (χ1v) is 19.8. The highest BCUT2D eigenvalue weighted by atomic mass is 28.3. The second-order valence-corrected chi connectivity index (χ2v) is 18.8. The first kappa shape index (κ1) is 35.6. The van der Waals surface area contributed by atoms with Crippen molar-refractivity contribution in [1.29, 1.82) is 0 Å². The number of piperidine rings is 1. The minimum absolute atomic E-state index is 0.0907. The lowest BCUT2D eigenvalue weighted by Crippen LogP contribution is -2.53. The van der Waals surface area contributed by atoms with E-state index in [0.717, 1.165) is 56.9 Å². The molecule has 0 bridgehead atoms. The van der Waals surface area contributed by atoms with Crippen LogP contribution < -0.4 is 10.6 Å². The Hall–Kier alpha value is -2.83. The lowest BCUT2D eigenvalue weighted by atomic mass is 9.88. The van der Waals surface area contributed by atoms with E-state index in [0.29, 0.717) is 45.3 Å². The van der Waals surface area contributed by atoms with Crippen LogP contribution in [-0.2, 0) is 18.9 Å².